The zero-order valence-corrected chi connectivity index (χ0v) is 9.31. The number of amides is 1. The molecule has 2 rings (SSSR count). The van der Waals surface area contributed by atoms with E-state index in [1.54, 1.807) is 19.2 Å². The Morgan fingerprint density at radius 2 is 2.06 bits per heavy atom. The predicted molar refractivity (Wildman–Crippen MR) is 57.0 cm³/mol. The maximum absolute atomic E-state index is 12.7. The van der Waals surface area contributed by atoms with E-state index in [1.165, 1.54) is 24.3 Å². The molecule has 1 aromatic rings. The minimum absolute atomic E-state index is 0.0168. The van der Waals surface area contributed by atoms with Gasteiger partial charge in [0.15, 0.2) is 0 Å². The lowest BCUT2D eigenvalue weighted by Crippen LogP contribution is -2.27. The third-order valence-electron chi connectivity index (χ3n) is 2.99. The molecule has 1 aromatic carbocycles. The second kappa shape index (κ2) is 4.22. The number of nitrogens with zero attached hydrogens (tertiary/aromatic N) is 1. The smallest absolute Gasteiger partial charge is 0.249 e. The van der Waals surface area contributed by atoms with Gasteiger partial charge in [0.1, 0.15) is 5.82 Å². The molecule has 0 spiro atoms. The van der Waals surface area contributed by atoms with Gasteiger partial charge in [-0.1, -0.05) is 12.1 Å². The lowest BCUT2D eigenvalue weighted by Gasteiger charge is -2.13. The summed E-state index contributed by atoms with van der Waals surface area (Å²) in [6.45, 7) is 0. The molecule has 0 aromatic heterocycles. The Morgan fingerprint density at radius 1 is 1.44 bits per heavy atom. The van der Waals surface area contributed by atoms with Crippen LogP contribution >= 0.6 is 0 Å². The van der Waals surface area contributed by atoms with Gasteiger partial charge in [0.05, 0.1) is 7.11 Å². The molecule has 0 N–H and O–H groups in total. The van der Waals surface area contributed by atoms with Crippen LogP contribution in [0.1, 0.15) is 17.9 Å². The van der Waals surface area contributed by atoms with Crippen molar-refractivity contribution in [2.24, 2.45) is 5.92 Å². The maximum Gasteiger partial charge on any atom is 0.249 e. The van der Waals surface area contributed by atoms with Gasteiger partial charge in [0.25, 0.3) is 0 Å². The fraction of sp³-hybridized carbons (Fsp3) is 0.417. The highest BCUT2D eigenvalue weighted by atomic mass is 19.1. The van der Waals surface area contributed by atoms with Gasteiger partial charge < -0.3 is 0 Å². The Bertz CT molecular complexity index is 391. The predicted octanol–water partition coefficient (Wildman–Crippen LogP) is 1.95. The van der Waals surface area contributed by atoms with Crippen molar-refractivity contribution in [2.75, 3.05) is 14.2 Å². The van der Waals surface area contributed by atoms with E-state index in [0.717, 1.165) is 12.0 Å². The molecule has 2 atom stereocenters. The molecule has 3 nitrogen and oxygen atoms in total. The number of halogens is 1. The number of carbonyl (C=O) groups excluding carboxylic acids is 1. The summed E-state index contributed by atoms with van der Waals surface area (Å²) in [4.78, 5) is 16.6. The molecule has 4 heteroatoms. The van der Waals surface area contributed by atoms with E-state index in [4.69, 9.17) is 4.84 Å². The normalized spacial score (nSPS) is 22.9. The number of benzene rings is 1. The first-order valence-electron chi connectivity index (χ1n) is 5.20. The molecule has 1 aliphatic rings. The van der Waals surface area contributed by atoms with Gasteiger partial charge in [0, 0.05) is 13.0 Å². The molecule has 0 radical (unpaired) electrons. The molecule has 0 aliphatic heterocycles. The second-order valence-corrected chi connectivity index (χ2v) is 4.02. The zero-order valence-electron chi connectivity index (χ0n) is 9.31. The van der Waals surface area contributed by atoms with E-state index >= 15 is 0 Å². The van der Waals surface area contributed by atoms with Gasteiger partial charge in [-0.2, -0.15) is 0 Å². The molecule has 1 amide bonds. The van der Waals surface area contributed by atoms with Crippen LogP contribution in [0, 0.1) is 11.7 Å². The molecular weight excluding hydrogens is 209 g/mol. The summed E-state index contributed by atoms with van der Waals surface area (Å²) < 4.78 is 12.7. The molecular formula is C12H14FNO2. The zero-order chi connectivity index (χ0) is 11.7. The van der Waals surface area contributed by atoms with Crippen molar-refractivity contribution in [3.05, 3.63) is 35.6 Å². The van der Waals surface area contributed by atoms with Crippen molar-refractivity contribution in [3.8, 4) is 0 Å². The van der Waals surface area contributed by atoms with Gasteiger partial charge in [-0.3, -0.25) is 9.63 Å². The summed E-state index contributed by atoms with van der Waals surface area (Å²) in [5.74, 6) is -0.0702. The van der Waals surface area contributed by atoms with Crippen LogP contribution in [0.5, 0.6) is 0 Å². The summed E-state index contributed by atoms with van der Waals surface area (Å²) >= 11 is 0. The van der Waals surface area contributed by atoms with E-state index in [-0.39, 0.29) is 23.6 Å². The Balaban J connectivity index is 2.01. The van der Waals surface area contributed by atoms with Crippen LogP contribution in [0.2, 0.25) is 0 Å². The second-order valence-electron chi connectivity index (χ2n) is 4.02. The average Bonchev–Trinajstić information content (AvgIpc) is 3.08. The molecule has 0 saturated heterocycles. The van der Waals surface area contributed by atoms with Crippen molar-refractivity contribution >= 4 is 5.91 Å². The number of hydroxylamine groups is 2. The van der Waals surface area contributed by atoms with Crippen LogP contribution in [0.15, 0.2) is 24.3 Å². The van der Waals surface area contributed by atoms with Crippen LogP contribution in [0.4, 0.5) is 4.39 Å². The molecule has 0 bridgehead atoms. The van der Waals surface area contributed by atoms with E-state index < -0.39 is 0 Å². The van der Waals surface area contributed by atoms with Gasteiger partial charge in [-0.15, -0.1) is 0 Å². The third-order valence-corrected chi connectivity index (χ3v) is 2.99. The van der Waals surface area contributed by atoms with E-state index in [0.29, 0.717) is 0 Å². The Hall–Kier alpha value is -1.42. The lowest BCUT2D eigenvalue weighted by atomic mass is 10.1. The van der Waals surface area contributed by atoms with Crippen molar-refractivity contribution in [1.82, 2.24) is 5.06 Å². The van der Waals surface area contributed by atoms with Crippen LogP contribution in [-0.2, 0) is 9.63 Å². The van der Waals surface area contributed by atoms with Crippen molar-refractivity contribution in [1.29, 1.82) is 0 Å². The average molecular weight is 223 g/mol. The minimum Gasteiger partial charge on any atom is -0.275 e. The summed E-state index contributed by atoms with van der Waals surface area (Å²) in [6.07, 6.45) is 0.818. The third kappa shape index (κ3) is 2.07. The molecule has 1 fully saturated rings. The monoisotopic (exact) mass is 223 g/mol. The van der Waals surface area contributed by atoms with Gasteiger partial charge in [-0.25, -0.2) is 9.45 Å². The van der Waals surface area contributed by atoms with Crippen molar-refractivity contribution in [3.63, 3.8) is 0 Å². The van der Waals surface area contributed by atoms with Gasteiger partial charge in [0.2, 0.25) is 5.91 Å². The van der Waals surface area contributed by atoms with Crippen molar-refractivity contribution in [2.45, 2.75) is 12.3 Å². The maximum atomic E-state index is 12.7. The number of carbonyl (C=O) groups is 1. The Morgan fingerprint density at radius 3 is 2.62 bits per heavy atom. The highest BCUT2D eigenvalue weighted by Crippen LogP contribution is 2.48. The summed E-state index contributed by atoms with van der Waals surface area (Å²) in [5.41, 5.74) is 1.02. The van der Waals surface area contributed by atoms with Gasteiger partial charge >= 0.3 is 0 Å². The first-order valence-corrected chi connectivity index (χ1v) is 5.20. The number of hydrogen-bond acceptors (Lipinski definition) is 2. The van der Waals surface area contributed by atoms with E-state index in [2.05, 4.69) is 0 Å². The molecule has 16 heavy (non-hydrogen) atoms. The molecule has 1 saturated carbocycles. The number of rotatable bonds is 3. The quantitative estimate of drug-likeness (QED) is 0.733. The minimum atomic E-state index is -0.249. The highest BCUT2D eigenvalue weighted by Gasteiger charge is 2.45. The summed E-state index contributed by atoms with van der Waals surface area (Å²) in [7, 11) is 3.07. The summed E-state index contributed by atoms with van der Waals surface area (Å²) in [6, 6.07) is 6.32. The fourth-order valence-electron chi connectivity index (χ4n) is 1.87. The Kier molecular flexibility index (Phi) is 2.92. The summed E-state index contributed by atoms with van der Waals surface area (Å²) in [5, 5.41) is 1.24. The molecule has 0 heterocycles. The topological polar surface area (TPSA) is 29.5 Å². The molecule has 0 unspecified atom stereocenters. The molecule has 86 valence electrons. The standard InChI is InChI=1S/C12H14FNO2/c1-14(16-2)12(15)11-7-10(11)8-3-5-9(13)6-4-8/h3-6,10-11H,7H2,1-2H3/t10-,11+/m1/s1. The highest BCUT2D eigenvalue weighted by molar-refractivity contribution is 5.81. The van der Waals surface area contributed by atoms with Gasteiger partial charge in [-0.05, 0) is 30.0 Å². The van der Waals surface area contributed by atoms with Crippen LogP contribution in [-0.4, -0.2) is 25.1 Å². The molecule has 1 aliphatic carbocycles. The van der Waals surface area contributed by atoms with Crippen LogP contribution < -0.4 is 0 Å². The van der Waals surface area contributed by atoms with Crippen LogP contribution in [0.25, 0.3) is 0 Å². The first kappa shape index (κ1) is 11.1. The van der Waals surface area contributed by atoms with Crippen LogP contribution in [0.3, 0.4) is 0 Å². The fourth-order valence-corrected chi connectivity index (χ4v) is 1.87. The van der Waals surface area contributed by atoms with E-state index in [1.807, 2.05) is 0 Å². The Labute approximate surface area is 93.8 Å². The van der Waals surface area contributed by atoms with E-state index in [9.17, 15) is 9.18 Å². The number of hydrogen-bond donors (Lipinski definition) is 0. The van der Waals surface area contributed by atoms with Crippen molar-refractivity contribution < 1.29 is 14.0 Å². The lowest BCUT2D eigenvalue weighted by molar-refractivity contribution is -0.170. The SMILES string of the molecule is CON(C)C(=O)[C@H]1C[C@@H]1c1ccc(F)cc1. The first-order chi connectivity index (χ1) is 7.63. The largest absolute Gasteiger partial charge is 0.275 e.